The Morgan fingerprint density at radius 3 is 2.00 bits per heavy atom. The molecule has 0 saturated heterocycles. The summed E-state index contributed by atoms with van der Waals surface area (Å²) in [5, 5.41) is 25.0. The van der Waals surface area contributed by atoms with Crippen LogP contribution >= 0.6 is 0 Å². The Morgan fingerprint density at radius 2 is 1.44 bits per heavy atom. The molecule has 0 atom stereocenters. The molecule has 0 aliphatic heterocycles. The Bertz CT molecular complexity index is 1110. The van der Waals surface area contributed by atoms with E-state index in [0.717, 1.165) is 32.9 Å². The van der Waals surface area contributed by atoms with E-state index < -0.39 is 0 Å². The first kappa shape index (κ1) is 16.2. The SMILES string of the molecule is Cc1ccc2c(C=N)c[nH]c2c1.N#Cc1ccc2c(C=N)c[nH]c2c1. The third-order valence-corrected chi connectivity index (χ3v) is 4.02. The van der Waals surface area contributed by atoms with Crippen LogP contribution in [-0.4, -0.2) is 22.4 Å². The lowest BCUT2D eigenvalue weighted by Gasteiger charge is -1.92. The van der Waals surface area contributed by atoms with Gasteiger partial charge in [-0.25, -0.2) is 0 Å². The summed E-state index contributed by atoms with van der Waals surface area (Å²) in [7, 11) is 0. The minimum absolute atomic E-state index is 0.630. The van der Waals surface area contributed by atoms with Crippen molar-refractivity contribution in [3.8, 4) is 6.07 Å². The van der Waals surface area contributed by atoms with Gasteiger partial charge in [0.1, 0.15) is 0 Å². The second kappa shape index (κ2) is 6.85. The van der Waals surface area contributed by atoms with Crippen molar-refractivity contribution in [2.24, 2.45) is 0 Å². The Morgan fingerprint density at radius 1 is 0.880 bits per heavy atom. The van der Waals surface area contributed by atoms with E-state index in [1.165, 1.54) is 18.0 Å². The number of aromatic amines is 2. The Balaban J connectivity index is 0.000000146. The van der Waals surface area contributed by atoms with Gasteiger partial charge in [0.2, 0.25) is 0 Å². The highest BCUT2D eigenvalue weighted by Crippen LogP contribution is 2.18. The lowest BCUT2D eigenvalue weighted by Crippen LogP contribution is -1.76. The fourth-order valence-corrected chi connectivity index (χ4v) is 2.72. The molecule has 5 nitrogen and oxygen atoms in total. The van der Waals surface area contributed by atoms with Crippen LogP contribution in [0.25, 0.3) is 21.8 Å². The van der Waals surface area contributed by atoms with Gasteiger partial charge in [0.05, 0.1) is 11.6 Å². The largest absolute Gasteiger partial charge is 0.361 e. The van der Waals surface area contributed by atoms with E-state index in [4.69, 9.17) is 16.1 Å². The molecular weight excluding hydrogens is 310 g/mol. The van der Waals surface area contributed by atoms with Gasteiger partial charge in [-0.2, -0.15) is 5.26 Å². The van der Waals surface area contributed by atoms with Gasteiger partial charge >= 0.3 is 0 Å². The number of nitrogens with zero attached hydrogens (tertiary/aromatic N) is 1. The van der Waals surface area contributed by atoms with Crippen molar-refractivity contribution >= 4 is 34.2 Å². The van der Waals surface area contributed by atoms with Crippen LogP contribution in [0.4, 0.5) is 0 Å². The van der Waals surface area contributed by atoms with Gasteiger partial charge in [0.25, 0.3) is 0 Å². The lowest BCUT2D eigenvalue weighted by molar-refractivity contribution is 1.44. The summed E-state index contributed by atoms with van der Waals surface area (Å²) < 4.78 is 0. The number of fused-ring (bicyclic) bond motifs is 2. The number of hydrogen-bond acceptors (Lipinski definition) is 3. The normalized spacial score (nSPS) is 10.1. The molecule has 25 heavy (non-hydrogen) atoms. The lowest BCUT2D eigenvalue weighted by atomic mass is 10.1. The highest BCUT2D eigenvalue weighted by Gasteiger charge is 2.01. The molecule has 122 valence electrons. The molecule has 5 heteroatoms. The van der Waals surface area contributed by atoms with Crippen molar-refractivity contribution < 1.29 is 0 Å². The molecule has 0 spiro atoms. The van der Waals surface area contributed by atoms with Crippen molar-refractivity contribution in [2.45, 2.75) is 6.92 Å². The van der Waals surface area contributed by atoms with Gasteiger partial charge in [-0.3, -0.25) is 0 Å². The van der Waals surface area contributed by atoms with Crippen LogP contribution in [0.5, 0.6) is 0 Å². The average molecular weight is 327 g/mol. The van der Waals surface area contributed by atoms with Crippen molar-refractivity contribution in [2.75, 3.05) is 0 Å². The molecule has 0 amide bonds. The van der Waals surface area contributed by atoms with E-state index in [0.29, 0.717) is 5.56 Å². The number of aromatic nitrogens is 2. The standard InChI is InChI=1S/C10H7N3.C10H10N2/c11-4-7-1-2-9-8(5-12)6-13-10(9)3-7;1-7-2-3-9-8(5-11)6-12-10(9)4-7/h1-3,5-6,12-13H;2-6,11-12H,1H3. The number of rotatable bonds is 2. The predicted molar refractivity (Wildman–Crippen MR) is 102 cm³/mol. The molecule has 0 unspecified atom stereocenters. The van der Waals surface area contributed by atoms with E-state index in [-0.39, 0.29) is 0 Å². The first-order valence-corrected chi connectivity index (χ1v) is 7.76. The quantitative estimate of drug-likeness (QED) is 0.400. The smallest absolute Gasteiger partial charge is 0.0992 e. The fraction of sp³-hybridized carbons (Fsp3) is 0.0500. The summed E-state index contributed by atoms with van der Waals surface area (Å²) in [4.78, 5) is 6.14. The van der Waals surface area contributed by atoms with E-state index in [1.807, 2.05) is 18.3 Å². The van der Waals surface area contributed by atoms with Crippen LogP contribution in [0, 0.1) is 29.1 Å². The summed E-state index contributed by atoms with van der Waals surface area (Å²) >= 11 is 0. The first-order chi connectivity index (χ1) is 12.2. The third-order valence-electron chi connectivity index (χ3n) is 4.02. The number of nitriles is 1. The highest BCUT2D eigenvalue weighted by atomic mass is 14.7. The minimum Gasteiger partial charge on any atom is -0.361 e. The Labute approximate surface area is 144 Å². The van der Waals surface area contributed by atoms with Gasteiger partial charge in [-0.1, -0.05) is 18.2 Å². The molecule has 0 aliphatic rings. The number of hydrogen-bond donors (Lipinski definition) is 4. The molecule has 2 aromatic heterocycles. The van der Waals surface area contributed by atoms with Gasteiger partial charge in [0.15, 0.2) is 0 Å². The van der Waals surface area contributed by atoms with Crippen molar-refractivity contribution in [1.82, 2.24) is 9.97 Å². The molecule has 0 bridgehead atoms. The maximum atomic E-state index is 8.65. The van der Waals surface area contributed by atoms with Crippen LogP contribution in [0.15, 0.2) is 48.8 Å². The topological polar surface area (TPSA) is 103 Å². The third kappa shape index (κ3) is 3.19. The molecule has 4 N–H and O–H groups in total. The Hall–Kier alpha value is -3.65. The first-order valence-electron chi connectivity index (χ1n) is 7.76. The molecule has 4 rings (SSSR count). The van der Waals surface area contributed by atoms with E-state index in [9.17, 15) is 0 Å². The molecule has 0 saturated carbocycles. The second-order valence-corrected chi connectivity index (χ2v) is 5.70. The maximum absolute atomic E-state index is 8.65. The summed E-state index contributed by atoms with van der Waals surface area (Å²) in [5.41, 5.74) is 5.67. The zero-order valence-corrected chi connectivity index (χ0v) is 13.7. The van der Waals surface area contributed by atoms with Gasteiger partial charge in [0, 0.05) is 57.8 Å². The summed E-state index contributed by atoms with van der Waals surface area (Å²) in [5.74, 6) is 0. The van der Waals surface area contributed by atoms with Crippen LogP contribution in [0.3, 0.4) is 0 Å². The van der Waals surface area contributed by atoms with Crippen molar-refractivity contribution in [3.63, 3.8) is 0 Å². The molecule has 2 aromatic carbocycles. The molecule has 2 heterocycles. The Kier molecular flexibility index (Phi) is 4.44. The van der Waals surface area contributed by atoms with Gasteiger partial charge in [-0.05, 0) is 30.7 Å². The highest BCUT2D eigenvalue weighted by molar-refractivity contribution is 5.99. The van der Waals surface area contributed by atoms with Crippen LogP contribution in [-0.2, 0) is 0 Å². The fourth-order valence-electron chi connectivity index (χ4n) is 2.72. The number of benzene rings is 2. The van der Waals surface area contributed by atoms with Crippen LogP contribution in [0.2, 0.25) is 0 Å². The summed E-state index contributed by atoms with van der Waals surface area (Å²) in [6.45, 7) is 2.06. The summed E-state index contributed by atoms with van der Waals surface area (Å²) in [6.07, 6.45) is 6.29. The number of aryl methyl sites for hydroxylation is 1. The van der Waals surface area contributed by atoms with Crippen LogP contribution in [0.1, 0.15) is 22.3 Å². The van der Waals surface area contributed by atoms with Gasteiger partial charge in [-0.15, -0.1) is 0 Å². The van der Waals surface area contributed by atoms with E-state index in [1.54, 1.807) is 18.3 Å². The minimum atomic E-state index is 0.630. The number of H-pyrrole nitrogens is 2. The average Bonchev–Trinajstić information content (AvgIpc) is 3.24. The maximum Gasteiger partial charge on any atom is 0.0992 e. The zero-order valence-electron chi connectivity index (χ0n) is 13.7. The predicted octanol–water partition coefficient (Wildman–Crippen LogP) is 4.51. The van der Waals surface area contributed by atoms with Gasteiger partial charge < -0.3 is 20.8 Å². The van der Waals surface area contributed by atoms with Crippen LogP contribution < -0.4 is 0 Å². The molecule has 0 fully saturated rings. The molecule has 4 aromatic rings. The summed E-state index contributed by atoms with van der Waals surface area (Å²) in [6, 6.07) is 13.6. The molecule has 0 aliphatic carbocycles. The second-order valence-electron chi connectivity index (χ2n) is 5.70. The number of nitrogens with one attached hydrogen (secondary N) is 4. The van der Waals surface area contributed by atoms with E-state index in [2.05, 4.69) is 35.1 Å². The molecule has 0 radical (unpaired) electrons. The van der Waals surface area contributed by atoms with Crippen molar-refractivity contribution in [1.29, 1.82) is 16.1 Å². The van der Waals surface area contributed by atoms with E-state index >= 15 is 0 Å². The zero-order chi connectivity index (χ0) is 17.8. The van der Waals surface area contributed by atoms with Crippen molar-refractivity contribution in [3.05, 3.63) is 71.0 Å². The molecular formula is C20H17N5. The monoisotopic (exact) mass is 327 g/mol.